The Hall–Kier alpha value is -3.68. The number of aromatic carboxylic acids is 1. The first-order chi connectivity index (χ1) is 12.0. The van der Waals surface area contributed by atoms with Crippen molar-refractivity contribution in [1.82, 2.24) is 5.43 Å². The second-order valence-corrected chi connectivity index (χ2v) is 4.81. The van der Waals surface area contributed by atoms with E-state index in [0.717, 1.165) is 0 Å². The Morgan fingerprint density at radius 2 is 1.80 bits per heavy atom. The summed E-state index contributed by atoms with van der Waals surface area (Å²) in [5, 5.41) is 14.9. The standard InChI is InChI=1S/C17H15N3O5/c1-25-14-4-2-3-13(9-14)19-15(21)16(22)20-18-10-11-5-7-12(8-6-11)17(23)24/h2-10H,1H3,(H,19,21)(H,20,22)(H,23,24)/b18-10+. The number of hydrogen-bond acceptors (Lipinski definition) is 5. The van der Waals surface area contributed by atoms with Gasteiger partial charge >= 0.3 is 17.8 Å². The predicted octanol–water partition coefficient (Wildman–Crippen LogP) is 1.48. The van der Waals surface area contributed by atoms with Crippen LogP contribution >= 0.6 is 0 Å². The Labute approximate surface area is 143 Å². The fourth-order valence-electron chi connectivity index (χ4n) is 1.82. The van der Waals surface area contributed by atoms with Crippen molar-refractivity contribution in [1.29, 1.82) is 0 Å². The van der Waals surface area contributed by atoms with Gasteiger partial charge in [-0.1, -0.05) is 18.2 Å². The number of hydrazone groups is 1. The quantitative estimate of drug-likeness (QED) is 0.433. The van der Waals surface area contributed by atoms with Crippen molar-refractivity contribution in [3.05, 3.63) is 59.7 Å². The van der Waals surface area contributed by atoms with E-state index in [0.29, 0.717) is 17.0 Å². The minimum Gasteiger partial charge on any atom is -0.497 e. The van der Waals surface area contributed by atoms with Gasteiger partial charge in [0.1, 0.15) is 5.75 Å². The lowest BCUT2D eigenvalue weighted by Gasteiger charge is -2.05. The van der Waals surface area contributed by atoms with Crippen molar-refractivity contribution in [3.63, 3.8) is 0 Å². The minimum absolute atomic E-state index is 0.138. The van der Waals surface area contributed by atoms with E-state index in [-0.39, 0.29) is 5.56 Å². The molecule has 0 atom stereocenters. The van der Waals surface area contributed by atoms with E-state index in [1.807, 2.05) is 0 Å². The van der Waals surface area contributed by atoms with Crippen LogP contribution in [0.1, 0.15) is 15.9 Å². The van der Waals surface area contributed by atoms with Crippen LogP contribution in [0.4, 0.5) is 5.69 Å². The number of carboxylic acid groups (broad SMARTS) is 1. The molecule has 2 aromatic carbocycles. The lowest BCUT2D eigenvalue weighted by Crippen LogP contribution is -2.32. The molecule has 0 radical (unpaired) electrons. The van der Waals surface area contributed by atoms with Crippen LogP contribution in [-0.2, 0) is 9.59 Å². The zero-order chi connectivity index (χ0) is 18.2. The maximum atomic E-state index is 11.8. The van der Waals surface area contributed by atoms with E-state index in [2.05, 4.69) is 15.8 Å². The number of methoxy groups -OCH3 is 1. The molecule has 2 rings (SSSR count). The number of carbonyl (C=O) groups is 3. The first-order valence-electron chi connectivity index (χ1n) is 7.11. The number of anilines is 1. The van der Waals surface area contributed by atoms with Gasteiger partial charge in [0.05, 0.1) is 18.9 Å². The Bertz CT molecular complexity index is 815. The molecule has 0 aliphatic carbocycles. The van der Waals surface area contributed by atoms with Gasteiger partial charge in [-0.2, -0.15) is 5.10 Å². The third-order valence-corrected chi connectivity index (χ3v) is 3.07. The molecule has 8 heteroatoms. The number of hydrogen-bond donors (Lipinski definition) is 3. The summed E-state index contributed by atoms with van der Waals surface area (Å²) in [6, 6.07) is 12.4. The largest absolute Gasteiger partial charge is 0.497 e. The zero-order valence-corrected chi connectivity index (χ0v) is 13.2. The van der Waals surface area contributed by atoms with Crippen LogP contribution in [0.15, 0.2) is 53.6 Å². The second kappa shape index (κ2) is 8.25. The summed E-state index contributed by atoms with van der Waals surface area (Å²) >= 11 is 0. The van der Waals surface area contributed by atoms with Crippen LogP contribution in [0, 0.1) is 0 Å². The number of carbonyl (C=O) groups excluding carboxylic acids is 2. The van der Waals surface area contributed by atoms with Gasteiger partial charge in [-0.15, -0.1) is 0 Å². The number of carboxylic acids is 1. The summed E-state index contributed by atoms with van der Waals surface area (Å²) < 4.78 is 5.02. The smallest absolute Gasteiger partial charge is 0.335 e. The molecule has 8 nitrogen and oxygen atoms in total. The van der Waals surface area contributed by atoms with Gasteiger partial charge in [-0.25, -0.2) is 10.2 Å². The second-order valence-electron chi connectivity index (χ2n) is 4.81. The first kappa shape index (κ1) is 17.7. The number of nitrogens with one attached hydrogen (secondary N) is 2. The highest BCUT2D eigenvalue weighted by Crippen LogP contribution is 2.16. The molecule has 0 aliphatic heterocycles. The van der Waals surface area contributed by atoms with E-state index >= 15 is 0 Å². The molecule has 2 amide bonds. The van der Waals surface area contributed by atoms with Crippen LogP contribution in [0.2, 0.25) is 0 Å². The van der Waals surface area contributed by atoms with Gasteiger partial charge in [0.2, 0.25) is 0 Å². The Morgan fingerprint density at radius 1 is 1.08 bits per heavy atom. The third kappa shape index (κ3) is 5.17. The average Bonchev–Trinajstić information content (AvgIpc) is 2.62. The molecule has 2 aromatic rings. The van der Waals surface area contributed by atoms with Crippen molar-refractivity contribution < 1.29 is 24.2 Å². The number of ether oxygens (including phenoxy) is 1. The third-order valence-electron chi connectivity index (χ3n) is 3.07. The van der Waals surface area contributed by atoms with Crippen molar-refractivity contribution in [2.24, 2.45) is 5.10 Å². The summed E-state index contributed by atoms with van der Waals surface area (Å²) in [5.41, 5.74) is 3.20. The fourth-order valence-corrected chi connectivity index (χ4v) is 1.82. The molecule has 0 aliphatic rings. The SMILES string of the molecule is COc1cccc(NC(=O)C(=O)N/N=C/c2ccc(C(=O)O)cc2)c1. The molecule has 128 valence electrons. The molecule has 0 bridgehead atoms. The maximum Gasteiger partial charge on any atom is 0.335 e. The first-order valence-corrected chi connectivity index (χ1v) is 7.11. The van der Waals surface area contributed by atoms with E-state index < -0.39 is 17.8 Å². The minimum atomic E-state index is -1.04. The van der Waals surface area contributed by atoms with Gasteiger partial charge in [0.25, 0.3) is 0 Å². The zero-order valence-electron chi connectivity index (χ0n) is 13.2. The van der Waals surface area contributed by atoms with Crippen molar-refractivity contribution in [2.45, 2.75) is 0 Å². The molecular weight excluding hydrogens is 326 g/mol. The van der Waals surface area contributed by atoms with Crippen LogP contribution in [0.3, 0.4) is 0 Å². The van der Waals surface area contributed by atoms with Crippen LogP contribution in [0.25, 0.3) is 0 Å². The fraction of sp³-hybridized carbons (Fsp3) is 0.0588. The molecule has 0 fully saturated rings. The number of benzene rings is 2. The van der Waals surface area contributed by atoms with Crippen molar-refractivity contribution in [3.8, 4) is 5.75 Å². The van der Waals surface area contributed by atoms with Crippen LogP contribution < -0.4 is 15.5 Å². The van der Waals surface area contributed by atoms with E-state index in [4.69, 9.17) is 9.84 Å². The summed E-state index contributed by atoms with van der Waals surface area (Å²) in [6.45, 7) is 0. The molecule has 3 N–H and O–H groups in total. The van der Waals surface area contributed by atoms with E-state index in [1.54, 1.807) is 24.3 Å². The Morgan fingerprint density at radius 3 is 2.44 bits per heavy atom. The molecule has 0 aromatic heterocycles. The summed E-state index contributed by atoms with van der Waals surface area (Å²) in [4.78, 5) is 34.2. The van der Waals surface area contributed by atoms with Gasteiger partial charge in [0, 0.05) is 11.8 Å². The summed E-state index contributed by atoms with van der Waals surface area (Å²) in [5.74, 6) is -2.32. The average molecular weight is 341 g/mol. The molecule has 0 heterocycles. The van der Waals surface area contributed by atoms with Crippen LogP contribution in [-0.4, -0.2) is 36.2 Å². The van der Waals surface area contributed by atoms with Crippen molar-refractivity contribution >= 4 is 29.7 Å². The summed E-state index contributed by atoms with van der Waals surface area (Å²) in [7, 11) is 1.49. The predicted molar refractivity (Wildman–Crippen MR) is 90.8 cm³/mol. The Balaban J connectivity index is 1.90. The molecule has 25 heavy (non-hydrogen) atoms. The number of amides is 2. The highest BCUT2D eigenvalue weighted by molar-refractivity contribution is 6.39. The normalized spacial score (nSPS) is 10.3. The Kier molecular flexibility index (Phi) is 5.83. The lowest BCUT2D eigenvalue weighted by molar-refractivity contribution is -0.136. The highest BCUT2D eigenvalue weighted by Gasteiger charge is 2.13. The van der Waals surface area contributed by atoms with Gasteiger partial charge < -0.3 is 15.2 Å². The van der Waals surface area contributed by atoms with E-state index in [1.165, 1.54) is 37.6 Å². The monoisotopic (exact) mass is 341 g/mol. The van der Waals surface area contributed by atoms with Crippen LogP contribution in [0.5, 0.6) is 5.75 Å². The van der Waals surface area contributed by atoms with Gasteiger partial charge in [-0.3, -0.25) is 9.59 Å². The lowest BCUT2D eigenvalue weighted by atomic mass is 10.1. The maximum absolute atomic E-state index is 11.8. The van der Waals surface area contributed by atoms with E-state index in [9.17, 15) is 14.4 Å². The molecule has 0 spiro atoms. The molecule has 0 unspecified atom stereocenters. The van der Waals surface area contributed by atoms with Gasteiger partial charge in [0.15, 0.2) is 0 Å². The topological polar surface area (TPSA) is 117 Å². The molecule has 0 saturated heterocycles. The highest BCUT2D eigenvalue weighted by atomic mass is 16.5. The molecular formula is C17H15N3O5. The number of rotatable bonds is 5. The molecule has 0 saturated carbocycles. The summed E-state index contributed by atoms with van der Waals surface area (Å²) in [6.07, 6.45) is 1.29. The number of nitrogens with zero attached hydrogens (tertiary/aromatic N) is 1. The van der Waals surface area contributed by atoms with Crippen molar-refractivity contribution in [2.75, 3.05) is 12.4 Å². The van der Waals surface area contributed by atoms with Gasteiger partial charge in [-0.05, 0) is 29.8 Å².